The van der Waals surface area contributed by atoms with E-state index in [1.54, 1.807) is 0 Å². The maximum Gasteiger partial charge on any atom is 0.0541 e. The van der Waals surface area contributed by atoms with E-state index in [1.165, 1.54) is 131 Å². The predicted octanol–water partition coefficient (Wildman–Crippen LogP) is 15.8. The van der Waals surface area contributed by atoms with Crippen molar-refractivity contribution in [3.05, 3.63) is 206 Å². The molecule has 2 heteroatoms. The van der Waals surface area contributed by atoms with Crippen LogP contribution in [0.2, 0.25) is 0 Å². The highest BCUT2D eigenvalue weighted by atomic mass is 15.0. The standard InChI is InChI=1S/C58H34N2/c1-2-14-40-38(12-1)39-13-3-6-17-43(39)50-34-37(26-27-44(40)50)59-53-22-9-7-18-45(53)51-32-35(24-29-56(51)59)36-25-30-57-52(33-36)46-19-8-10-23-54(46)60(57)55-31-28-48-42-16-5-4-15-41(42)47-20-11-21-49(55)58(47)48/h1-34H. The lowest BCUT2D eigenvalue weighted by molar-refractivity contribution is 1.19. The van der Waals surface area contributed by atoms with Gasteiger partial charge in [0.25, 0.3) is 0 Å². The van der Waals surface area contributed by atoms with Crippen molar-refractivity contribution in [1.82, 2.24) is 9.13 Å². The summed E-state index contributed by atoms with van der Waals surface area (Å²) in [6, 6.07) is 76.8. The molecule has 2 aromatic heterocycles. The SMILES string of the molecule is c1ccc2c(c1)-c1cccc3c(-n4c5ccccc5c5cc(-c6ccc7c(c6)c6ccccc6n7-c6ccc7c8ccccc8c8ccccc8c7c6)ccc54)ccc-2c13. The van der Waals surface area contributed by atoms with Gasteiger partial charge < -0.3 is 9.13 Å². The van der Waals surface area contributed by atoms with Crippen molar-refractivity contribution in [2.45, 2.75) is 0 Å². The van der Waals surface area contributed by atoms with Gasteiger partial charge in [0.1, 0.15) is 0 Å². The van der Waals surface area contributed by atoms with Gasteiger partial charge in [-0.2, -0.15) is 0 Å². The van der Waals surface area contributed by atoms with Gasteiger partial charge in [-0.15, -0.1) is 0 Å². The molecular formula is C58H34N2. The minimum absolute atomic E-state index is 1.17. The molecule has 11 aromatic carbocycles. The largest absolute Gasteiger partial charge is 0.309 e. The van der Waals surface area contributed by atoms with Gasteiger partial charge in [0.2, 0.25) is 0 Å². The third kappa shape index (κ3) is 4.22. The first-order chi connectivity index (χ1) is 29.8. The molecule has 2 heterocycles. The van der Waals surface area contributed by atoms with E-state index in [2.05, 4.69) is 215 Å². The van der Waals surface area contributed by atoms with Crippen molar-refractivity contribution in [2.24, 2.45) is 0 Å². The Hall–Kier alpha value is -7.94. The van der Waals surface area contributed by atoms with Crippen LogP contribution >= 0.6 is 0 Å². The monoisotopic (exact) mass is 758 g/mol. The molecule has 0 atom stereocenters. The van der Waals surface area contributed by atoms with Gasteiger partial charge in [-0.25, -0.2) is 0 Å². The highest BCUT2D eigenvalue weighted by Gasteiger charge is 2.24. The normalized spacial score (nSPS) is 12.3. The lowest BCUT2D eigenvalue weighted by Crippen LogP contribution is -1.96. The van der Waals surface area contributed by atoms with Crippen LogP contribution < -0.4 is 0 Å². The second-order valence-corrected chi connectivity index (χ2v) is 16.4. The van der Waals surface area contributed by atoms with Crippen molar-refractivity contribution in [1.29, 1.82) is 0 Å². The summed E-state index contributed by atoms with van der Waals surface area (Å²) < 4.78 is 4.93. The zero-order valence-corrected chi connectivity index (χ0v) is 32.5. The van der Waals surface area contributed by atoms with Gasteiger partial charge >= 0.3 is 0 Å². The van der Waals surface area contributed by atoms with E-state index in [-0.39, 0.29) is 0 Å². The average Bonchev–Trinajstić information content (AvgIpc) is 3.95. The second kappa shape index (κ2) is 11.8. The first-order valence-electron chi connectivity index (χ1n) is 20.8. The Balaban J connectivity index is 0.949. The van der Waals surface area contributed by atoms with E-state index < -0.39 is 0 Å². The summed E-state index contributed by atoms with van der Waals surface area (Å²) in [5.41, 5.74) is 14.9. The Bertz CT molecular complexity index is 3940. The van der Waals surface area contributed by atoms with Gasteiger partial charge in [0.15, 0.2) is 0 Å². The molecule has 1 aliphatic rings. The molecule has 0 radical (unpaired) electrons. The fourth-order valence-corrected chi connectivity index (χ4v) is 10.9. The molecule has 276 valence electrons. The Labute approximate surface area is 345 Å². The highest BCUT2D eigenvalue weighted by Crippen LogP contribution is 2.49. The maximum atomic E-state index is 2.48. The number of rotatable bonds is 3. The Morgan fingerprint density at radius 1 is 0.233 bits per heavy atom. The van der Waals surface area contributed by atoms with Crippen LogP contribution in [-0.2, 0) is 0 Å². The summed E-state index contributed by atoms with van der Waals surface area (Å²) in [7, 11) is 0. The molecule has 0 bridgehead atoms. The summed E-state index contributed by atoms with van der Waals surface area (Å²) in [4.78, 5) is 0. The fourth-order valence-electron chi connectivity index (χ4n) is 10.9. The van der Waals surface area contributed by atoms with Crippen LogP contribution in [-0.4, -0.2) is 9.13 Å². The van der Waals surface area contributed by atoms with Gasteiger partial charge in [0, 0.05) is 32.6 Å². The lowest BCUT2D eigenvalue weighted by Gasteiger charge is -2.14. The number of aromatic nitrogens is 2. The lowest BCUT2D eigenvalue weighted by atomic mass is 9.94. The maximum absolute atomic E-state index is 2.48. The molecule has 0 fully saturated rings. The van der Waals surface area contributed by atoms with E-state index in [0.29, 0.717) is 0 Å². The molecule has 0 unspecified atom stereocenters. The molecule has 14 rings (SSSR count). The zero-order valence-electron chi connectivity index (χ0n) is 32.5. The van der Waals surface area contributed by atoms with Gasteiger partial charge in [0.05, 0.1) is 27.8 Å². The van der Waals surface area contributed by atoms with Crippen molar-refractivity contribution < 1.29 is 0 Å². The minimum Gasteiger partial charge on any atom is -0.309 e. The Kier molecular flexibility index (Phi) is 6.32. The molecule has 0 spiro atoms. The molecule has 0 saturated heterocycles. The van der Waals surface area contributed by atoms with Crippen LogP contribution in [0.4, 0.5) is 0 Å². The first kappa shape index (κ1) is 32.1. The number of benzene rings is 11. The van der Waals surface area contributed by atoms with Crippen molar-refractivity contribution in [3.8, 4) is 44.8 Å². The zero-order chi connectivity index (χ0) is 39.1. The molecule has 1 aliphatic carbocycles. The number of fused-ring (bicyclic) bond motifs is 15. The number of para-hydroxylation sites is 2. The van der Waals surface area contributed by atoms with E-state index in [4.69, 9.17) is 0 Å². The molecular weight excluding hydrogens is 725 g/mol. The van der Waals surface area contributed by atoms with Crippen LogP contribution in [0.15, 0.2) is 206 Å². The van der Waals surface area contributed by atoms with Crippen molar-refractivity contribution in [2.75, 3.05) is 0 Å². The summed E-state index contributed by atoms with van der Waals surface area (Å²) >= 11 is 0. The molecule has 2 nitrogen and oxygen atoms in total. The highest BCUT2D eigenvalue weighted by molar-refractivity contribution is 6.26. The predicted molar refractivity (Wildman–Crippen MR) is 255 cm³/mol. The first-order valence-corrected chi connectivity index (χ1v) is 20.8. The second-order valence-electron chi connectivity index (χ2n) is 16.4. The molecule has 60 heavy (non-hydrogen) atoms. The molecule has 0 amide bonds. The molecule has 0 N–H and O–H groups in total. The molecule has 0 aliphatic heterocycles. The van der Waals surface area contributed by atoms with Crippen LogP contribution in [0.3, 0.4) is 0 Å². The third-order valence-corrected chi connectivity index (χ3v) is 13.4. The van der Waals surface area contributed by atoms with Crippen LogP contribution in [0.5, 0.6) is 0 Å². The minimum atomic E-state index is 1.17. The van der Waals surface area contributed by atoms with Crippen LogP contribution in [0, 0.1) is 0 Å². The summed E-state index contributed by atoms with van der Waals surface area (Å²) in [5.74, 6) is 0. The Morgan fingerprint density at radius 2 is 0.683 bits per heavy atom. The number of hydrogen-bond acceptors (Lipinski definition) is 0. The van der Waals surface area contributed by atoms with E-state index >= 15 is 0 Å². The fraction of sp³-hybridized carbons (Fsp3) is 0. The Morgan fingerprint density at radius 3 is 1.32 bits per heavy atom. The van der Waals surface area contributed by atoms with E-state index in [9.17, 15) is 0 Å². The van der Waals surface area contributed by atoms with Gasteiger partial charge in [-0.3, -0.25) is 0 Å². The number of nitrogens with zero attached hydrogens (tertiary/aromatic N) is 2. The quantitative estimate of drug-likeness (QED) is 0.159. The van der Waals surface area contributed by atoms with E-state index in [0.717, 1.165) is 0 Å². The van der Waals surface area contributed by atoms with Gasteiger partial charge in [-0.05, 0) is 126 Å². The van der Waals surface area contributed by atoms with E-state index in [1.807, 2.05) is 0 Å². The molecule has 0 saturated carbocycles. The topological polar surface area (TPSA) is 9.86 Å². The van der Waals surface area contributed by atoms with Crippen LogP contribution in [0.25, 0.3) is 131 Å². The smallest absolute Gasteiger partial charge is 0.0541 e. The summed E-state index contributed by atoms with van der Waals surface area (Å²) in [6.07, 6.45) is 0. The van der Waals surface area contributed by atoms with Crippen molar-refractivity contribution >= 4 is 86.7 Å². The summed E-state index contributed by atoms with van der Waals surface area (Å²) in [5, 5.41) is 15.4. The summed E-state index contributed by atoms with van der Waals surface area (Å²) in [6.45, 7) is 0. The number of hydrogen-bond donors (Lipinski definition) is 0. The third-order valence-electron chi connectivity index (χ3n) is 13.4. The van der Waals surface area contributed by atoms with Crippen LogP contribution in [0.1, 0.15) is 0 Å². The van der Waals surface area contributed by atoms with Crippen molar-refractivity contribution in [3.63, 3.8) is 0 Å². The molecule has 13 aromatic rings. The average molecular weight is 759 g/mol. The van der Waals surface area contributed by atoms with Gasteiger partial charge in [-0.1, -0.05) is 152 Å².